The topological polar surface area (TPSA) is 56.4 Å². The lowest BCUT2D eigenvalue weighted by atomic mass is 10.0. The maximum atomic E-state index is 12.0. The molecule has 0 aromatic rings. The summed E-state index contributed by atoms with van der Waals surface area (Å²) in [6, 6.07) is 0.177. The SMILES string of the molecule is CC(C)(C)N1NCC2NCNC2C1=O. The molecule has 2 unspecified atom stereocenters. The molecular weight excluding hydrogens is 180 g/mol. The van der Waals surface area contributed by atoms with E-state index in [1.807, 2.05) is 20.8 Å². The number of hydrogen-bond donors (Lipinski definition) is 3. The fourth-order valence-corrected chi connectivity index (χ4v) is 1.98. The highest BCUT2D eigenvalue weighted by atomic mass is 16.2. The number of nitrogens with one attached hydrogen (secondary N) is 3. The van der Waals surface area contributed by atoms with Crippen LogP contribution in [-0.4, -0.2) is 41.8 Å². The van der Waals surface area contributed by atoms with Gasteiger partial charge in [0.15, 0.2) is 0 Å². The predicted octanol–water partition coefficient (Wildman–Crippen LogP) is -0.981. The Labute approximate surface area is 84.2 Å². The van der Waals surface area contributed by atoms with Crippen LogP contribution in [0.2, 0.25) is 0 Å². The van der Waals surface area contributed by atoms with E-state index in [0.29, 0.717) is 0 Å². The molecule has 1 amide bonds. The van der Waals surface area contributed by atoms with Crippen molar-refractivity contribution in [2.24, 2.45) is 0 Å². The number of rotatable bonds is 0. The summed E-state index contributed by atoms with van der Waals surface area (Å²) in [6.07, 6.45) is 0. The van der Waals surface area contributed by atoms with Gasteiger partial charge in [0.2, 0.25) is 0 Å². The minimum atomic E-state index is -0.160. The molecule has 0 spiro atoms. The van der Waals surface area contributed by atoms with Gasteiger partial charge in [-0.05, 0) is 20.8 Å². The Kier molecular flexibility index (Phi) is 2.25. The maximum absolute atomic E-state index is 12.0. The van der Waals surface area contributed by atoms with Crippen molar-refractivity contribution in [2.75, 3.05) is 13.2 Å². The summed E-state index contributed by atoms with van der Waals surface area (Å²) in [6.45, 7) is 7.61. The maximum Gasteiger partial charge on any atom is 0.255 e. The lowest BCUT2D eigenvalue weighted by Gasteiger charge is -2.42. The van der Waals surface area contributed by atoms with Gasteiger partial charge in [0.25, 0.3) is 5.91 Å². The molecule has 2 aliphatic heterocycles. The Hall–Kier alpha value is -0.650. The van der Waals surface area contributed by atoms with E-state index in [0.717, 1.165) is 13.2 Å². The first-order valence-corrected chi connectivity index (χ1v) is 5.04. The van der Waals surface area contributed by atoms with E-state index < -0.39 is 0 Å². The number of fused-ring (bicyclic) bond motifs is 1. The summed E-state index contributed by atoms with van der Waals surface area (Å²) >= 11 is 0. The van der Waals surface area contributed by atoms with Crippen molar-refractivity contribution in [3.63, 3.8) is 0 Å². The van der Waals surface area contributed by atoms with Crippen molar-refractivity contribution in [2.45, 2.75) is 38.4 Å². The Morgan fingerprint density at radius 2 is 2.07 bits per heavy atom. The molecule has 14 heavy (non-hydrogen) atoms. The second-order valence-corrected chi connectivity index (χ2v) is 4.88. The van der Waals surface area contributed by atoms with Gasteiger partial charge < -0.3 is 0 Å². The Balaban J connectivity index is 2.13. The number of nitrogens with zero attached hydrogens (tertiary/aromatic N) is 1. The first kappa shape index (κ1) is 9.89. The summed E-state index contributed by atoms with van der Waals surface area (Å²) in [5.41, 5.74) is 3.00. The number of carbonyl (C=O) groups excluding carboxylic acids is 1. The van der Waals surface area contributed by atoms with E-state index in [1.165, 1.54) is 0 Å². The van der Waals surface area contributed by atoms with Gasteiger partial charge in [-0.1, -0.05) is 0 Å². The van der Waals surface area contributed by atoms with Crippen molar-refractivity contribution >= 4 is 5.91 Å². The molecule has 0 aliphatic carbocycles. The second kappa shape index (κ2) is 3.18. The number of hydrogen-bond acceptors (Lipinski definition) is 4. The largest absolute Gasteiger partial charge is 0.298 e. The summed E-state index contributed by atoms with van der Waals surface area (Å²) in [5.74, 6) is 0.138. The molecule has 5 heteroatoms. The quantitative estimate of drug-likeness (QED) is 0.468. The highest BCUT2D eigenvalue weighted by Crippen LogP contribution is 2.17. The predicted molar refractivity (Wildman–Crippen MR) is 53.3 cm³/mol. The van der Waals surface area contributed by atoms with Crippen LogP contribution in [0.3, 0.4) is 0 Å². The molecule has 5 nitrogen and oxygen atoms in total. The summed E-state index contributed by atoms with van der Waals surface area (Å²) < 4.78 is 0. The first-order valence-electron chi connectivity index (χ1n) is 5.04. The van der Waals surface area contributed by atoms with Crippen LogP contribution in [0.4, 0.5) is 0 Å². The van der Waals surface area contributed by atoms with E-state index in [4.69, 9.17) is 0 Å². The van der Waals surface area contributed by atoms with Crippen molar-refractivity contribution in [1.29, 1.82) is 0 Å². The molecule has 0 bridgehead atoms. The van der Waals surface area contributed by atoms with Gasteiger partial charge in [-0.25, -0.2) is 5.43 Å². The van der Waals surface area contributed by atoms with Crippen molar-refractivity contribution in [1.82, 2.24) is 21.1 Å². The van der Waals surface area contributed by atoms with Crippen LogP contribution < -0.4 is 16.1 Å². The molecule has 0 saturated carbocycles. The average Bonchev–Trinajstić information content (AvgIpc) is 2.50. The molecule has 0 aromatic heterocycles. The third-order valence-electron chi connectivity index (χ3n) is 2.72. The van der Waals surface area contributed by atoms with Gasteiger partial charge in [0, 0.05) is 19.3 Å². The van der Waals surface area contributed by atoms with Crippen LogP contribution in [0.15, 0.2) is 0 Å². The zero-order chi connectivity index (χ0) is 10.3. The highest BCUT2D eigenvalue weighted by Gasteiger charge is 2.42. The van der Waals surface area contributed by atoms with Crippen LogP contribution in [-0.2, 0) is 4.79 Å². The van der Waals surface area contributed by atoms with E-state index in [9.17, 15) is 4.79 Å². The number of carbonyl (C=O) groups is 1. The molecule has 0 aromatic carbocycles. The smallest absolute Gasteiger partial charge is 0.255 e. The first-order chi connectivity index (χ1) is 6.50. The zero-order valence-corrected chi connectivity index (χ0v) is 8.92. The minimum absolute atomic E-state index is 0.0597. The molecule has 2 rings (SSSR count). The molecule has 0 radical (unpaired) electrons. The fraction of sp³-hybridized carbons (Fsp3) is 0.889. The van der Waals surface area contributed by atoms with Gasteiger partial charge in [-0.2, -0.15) is 0 Å². The molecule has 2 aliphatic rings. The Morgan fingerprint density at radius 3 is 2.71 bits per heavy atom. The van der Waals surface area contributed by atoms with Gasteiger partial charge in [-0.3, -0.25) is 20.4 Å². The van der Waals surface area contributed by atoms with Gasteiger partial charge in [0.05, 0.1) is 5.54 Å². The standard InChI is InChI=1S/C9H18N4O/c1-9(2,3)13-8(14)7-6(4-12-13)10-5-11-7/h6-7,10-12H,4-5H2,1-3H3. The molecule has 80 valence electrons. The molecular formula is C9H18N4O. The second-order valence-electron chi connectivity index (χ2n) is 4.88. The molecule has 2 fully saturated rings. The summed E-state index contributed by atoms with van der Waals surface area (Å²) in [5, 5.41) is 8.14. The third kappa shape index (κ3) is 1.51. The summed E-state index contributed by atoms with van der Waals surface area (Å²) in [7, 11) is 0. The van der Waals surface area contributed by atoms with Crippen molar-refractivity contribution < 1.29 is 4.79 Å². The average molecular weight is 198 g/mol. The molecule has 2 heterocycles. The van der Waals surface area contributed by atoms with Crippen molar-refractivity contribution in [3.05, 3.63) is 0 Å². The monoisotopic (exact) mass is 198 g/mol. The van der Waals surface area contributed by atoms with Gasteiger partial charge >= 0.3 is 0 Å². The molecule has 3 N–H and O–H groups in total. The zero-order valence-electron chi connectivity index (χ0n) is 8.92. The fourth-order valence-electron chi connectivity index (χ4n) is 1.98. The number of amides is 1. The Bertz CT molecular complexity index is 248. The van der Waals surface area contributed by atoms with Crippen LogP contribution in [0.1, 0.15) is 20.8 Å². The van der Waals surface area contributed by atoms with E-state index in [-0.39, 0.29) is 23.5 Å². The lowest BCUT2D eigenvalue weighted by molar-refractivity contribution is -0.146. The molecule has 2 saturated heterocycles. The van der Waals surface area contributed by atoms with Crippen LogP contribution in [0, 0.1) is 0 Å². The Morgan fingerprint density at radius 1 is 1.36 bits per heavy atom. The van der Waals surface area contributed by atoms with E-state index >= 15 is 0 Å². The molecule has 2 atom stereocenters. The minimum Gasteiger partial charge on any atom is -0.298 e. The van der Waals surface area contributed by atoms with Gasteiger partial charge in [-0.15, -0.1) is 0 Å². The lowest BCUT2D eigenvalue weighted by Crippen LogP contribution is -2.67. The third-order valence-corrected chi connectivity index (χ3v) is 2.72. The van der Waals surface area contributed by atoms with Crippen LogP contribution in [0.25, 0.3) is 0 Å². The van der Waals surface area contributed by atoms with Crippen LogP contribution in [0.5, 0.6) is 0 Å². The highest BCUT2D eigenvalue weighted by molar-refractivity contribution is 5.84. The van der Waals surface area contributed by atoms with Gasteiger partial charge in [0.1, 0.15) is 6.04 Å². The normalized spacial score (nSPS) is 33.4. The number of hydrazine groups is 1. The van der Waals surface area contributed by atoms with E-state index in [2.05, 4.69) is 16.1 Å². The van der Waals surface area contributed by atoms with Crippen LogP contribution >= 0.6 is 0 Å². The summed E-state index contributed by atoms with van der Waals surface area (Å²) in [4.78, 5) is 12.0. The van der Waals surface area contributed by atoms with E-state index in [1.54, 1.807) is 5.01 Å². The van der Waals surface area contributed by atoms with Crippen molar-refractivity contribution in [3.8, 4) is 0 Å².